The number of nitrogens with zero attached hydrogens (tertiary/aromatic N) is 3. The molecule has 6 heteroatoms. The highest BCUT2D eigenvalue weighted by Gasteiger charge is 2.19. The fourth-order valence-corrected chi connectivity index (χ4v) is 3.36. The first-order chi connectivity index (χ1) is 11.6. The zero-order valence-corrected chi connectivity index (χ0v) is 13.8. The SMILES string of the molecule is O=C(c1ccc2nc3ccc(Cl)cc3c(=O)n2c1)N1CCCCC1. The number of rotatable bonds is 1. The van der Waals surface area contributed by atoms with Crippen LogP contribution in [0, 0.1) is 0 Å². The Balaban J connectivity index is 1.85. The third-order valence-electron chi connectivity index (χ3n) is 4.46. The van der Waals surface area contributed by atoms with E-state index < -0.39 is 0 Å². The van der Waals surface area contributed by atoms with Crippen LogP contribution in [0.25, 0.3) is 16.6 Å². The summed E-state index contributed by atoms with van der Waals surface area (Å²) in [7, 11) is 0. The van der Waals surface area contributed by atoms with Crippen molar-refractivity contribution in [2.24, 2.45) is 0 Å². The van der Waals surface area contributed by atoms with E-state index in [9.17, 15) is 9.59 Å². The Kier molecular flexibility index (Phi) is 3.73. The van der Waals surface area contributed by atoms with E-state index in [1.54, 1.807) is 36.5 Å². The van der Waals surface area contributed by atoms with Crippen LogP contribution in [0.5, 0.6) is 0 Å². The number of halogens is 1. The second-order valence-corrected chi connectivity index (χ2v) is 6.51. The molecule has 1 amide bonds. The van der Waals surface area contributed by atoms with Gasteiger partial charge in [-0.1, -0.05) is 11.6 Å². The zero-order chi connectivity index (χ0) is 16.7. The highest BCUT2D eigenvalue weighted by molar-refractivity contribution is 6.31. The molecule has 1 saturated heterocycles. The molecule has 0 aliphatic carbocycles. The number of likely N-dealkylation sites (tertiary alicyclic amines) is 1. The molecular weight excluding hydrogens is 326 g/mol. The van der Waals surface area contributed by atoms with Crippen molar-refractivity contribution in [3.63, 3.8) is 0 Å². The highest BCUT2D eigenvalue weighted by Crippen LogP contribution is 2.17. The van der Waals surface area contributed by atoms with Gasteiger partial charge in [-0.05, 0) is 49.6 Å². The molecule has 5 nitrogen and oxygen atoms in total. The molecule has 24 heavy (non-hydrogen) atoms. The van der Waals surface area contributed by atoms with Crippen LogP contribution < -0.4 is 5.56 Å². The molecule has 4 rings (SSSR count). The molecular formula is C18H16ClN3O2. The number of carbonyl (C=O) groups excluding carboxylic acids is 1. The van der Waals surface area contributed by atoms with Crippen molar-refractivity contribution in [3.05, 3.63) is 57.5 Å². The van der Waals surface area contributed by atoms with E-state index in [1.807, 2.05) is 4.90 Å². The summed E-state index contributed by atoms with van der Waals surface area (Å²) in [6.45, 7) is 1.55. The van der Waals surface area contributed by atoms with Crippen LogP contribution in [0.2, 0.25) is 5.02 Å². The molecule has 1 fully saturated rings. The summed E-state index contributed by atoms with van der Waals surface area (Å²) in [6.07, 6.45) is 4.81. The second-order valence-electron chi connectivity index (χ2n) is 6.08. The summed E-state index contributed by atoms with van der Waals surface area (Å²) < 4.78 is 1.43. The predicted octanol–water partition coefficient (Wildman–Crippen LogP) is 3.13. The number of hydrogen-bond donors (Lipinski definition) is 0. The maximum absolute atomic E-state index is 12.7. The van der Waals surface area contributed by atoms with Crippen molar-refractivity contribution < 1.29 is 4.79 Å². The second kappa shape index (κ2) is 5.91. The van der Waals surface area contributed by atoms with E-state index in [0.29, 0.717) is 27.1 Å². The molecule has 0 unspecified atom stereocenters. The van der Waals surface area contributed by atoms with Crippen LogP contribution in [-0.2, 0) is 0 Å². The quantitative estimate of drug-likeness (QED) is 0.639. The molecule has 3 heterocycles. The lowest BCUT2D eigenvalue weighted by atomic mass is 10.1. The number of hydrogen-bond acceptors (Lipinski definition) is 3. The Labute approximate surface area is 143 Å². The largest absolute Gasteiger partial charge is 0.339 e. The minimum absolute atomic E-state index is 0.0327. The van der Waals surface area contributed by atoms with Gasteiger partial charge in [0.15, 0.2) is 0 Å². The van der Waals surface area contributed by atoms with Gasteiger partial charge >= 0.3 is 0 Å². The number of benzene rings is 1. The van der Waals surface area contributed by atoms with E-state index in [0.717, 1.165) is 32.4 Å². The minimum Gasteiger partial charge on any atom is -0.339 e. The third kappa shape index (κ3) is 2.55. The lowest BCUT2D eigenvalue weighted by Gasteiger charge is -2.26. The van der Waals surface area contributed by atoms with Gasteiger partial charge in [0.25, 0.3) is 11.5 Å². The van der Waals surface area contributed by atoms with Crippen molar-refractivity contribution in [1.29, 1.82) is 0 Å². The van der Waals surface area contributed by atoms with Gasteiger partial charge in [0.1, 0.15) is 5.65 Å². The topological polar surface area (TPSA) is 54.7 Å². The van der Waals surface area contributed by atoms with Gasteiger partial charge < -0.3 is 4.90 Å². The van der Waals surface area contributed by atoms with Crippen molar-refractivity contribution in [2.75, 3.05) is 13.1 Å². The minimum atomic E-state index is -0.217. The summed E-state index contributed by atoms with van der Waals surface area (Å²) in [5.74, 6) is -0.0327. The molecule has 1 aliphatic heterocycles. The molecule has 0 N–H and O–H groups in total. The molecule has 0 spiro atoms. The van der Waals surface area contributed by atoms with Gasteiger partial charge in [0.2, 0.25) is 0 Å². The standard InChI is InChI=1S/C18H16ClN3O2/c19-13-5-6-15-14(10-13)18(24)22-11-12(4-7-16(22)20-15)17(23)21-8-2-1-3-9-21/h4-7,10-11H,1-3,8-9H2. The lowest BCUT2D eigenvalue weighted by Crippen LogP contribution is -2.35. The Morgan fingerprint density at radius 2 is 1.88 bits per heavy atom. The molecule has 0 atom stereocenters. The number of piperidine rings is 1. The first-order valence-electron chi connectivity index (χ1n) is 8.04. The van der Waals surface area contributed by atoms with Gasteiger partial charge in [0.05, 0.1) is 16.5 Å². The van der Waals surface area contributed by atoms with Gasteiger partial charge in [-0.25, -0.2) is 4.98 Å². The van der Waals surface area contributed by atoms with Crippen molar-refractivity contribution in [3.8, 4) is 0 Å². The number of pyridine rings is 1. The summed E-state index contributed by atoms with van der Waals surface area (Å²) in [5, 5.41) is 0.935. The Morgan fingerprint density at radius 3 is 2.67 bits per heavy atom. The predicted molar refractivity (Wildman–Crippen MR) is 93.7 cm³/mol. The van der Waals surface area contributed by atoms with Crippen LogP contribution in [0.4, 0.5) is 0 Å². The van der Waals surface area contributed by atoms with E-state index in [4.69, 9.17) is 11.6 Å². The summed E-state index contributed by atoms with van der Waals surface area (Å²) in [4.78, 5) is 31.7. The van der Waals surface area contributed by atoms with Gasteiger partial charge in [-0.15, -0.1) is 0 Å². The van der Waals surface area contributed by atoms with Crippen LogP contribution >= 0.6 is 11.6 Å². The molecule has 1 aromatic carbocycles. The summed E-state index contributed by atoms with van der Waals surface area (Å²) in [6, 6.07) is 8.50. The van der Waals surface area contributed by atoms with Gasteiger partial charge in [-0.3, -0.25) is 14.0 Å². The van der Waals surface area contributed by atoms with Crippen LogP contribution in [0.15, 0.2) is 41.3 Å². The van der Waals surface area contributed by atoms with Crippen molar-refractivity contribution in [1.82, 2.24) is 14.3 Å². The maximum atomic E-state index is 12.7. The first kappa shape index (κ1) is 15.1. The summed E-state index contributed by atoms with van der Waals surface area (Å²) >= 11 is 5.99. The maximum Gasteiger partial charge on any atom is 0.265 e. The third-order valence-corrected chi connectivity index (χ3v) is 4.70. The number of fused-ring (bicyclic) bond motifs is 2. The van der Waals surface area contributed by atoms with Crippen molar-refractivity contribution >= 4 is 34.1 Å². The summed E-state index contributed by atoms with van der Waals surface area (Å²) in [5.41, 5.74) is 1.41. The molecule has 0 radical (unpaired) electrons. The van der Waals surface area contributed by atoms with Gasteiger partial charge in [0, 0.05) is 24.3 Å². The van der Waals surface area contributed by atoms with E-state index in [2.05, 4.69) is 4.98 Å². The Hall–Kier alpha value is -2.40. The number of aromatic nitrogens is 2. The van der Waals surface area contributed by atoms with E-state index in [1.165, 1.54) is 4.40 Å². The molecule has 1 aliphatic rings. The number of amides is 1. The highest BCUT2D eigenvalue weighted by atomic mass is 35.5. The van der Waals surface area contributed by atoms with Crippen LogP contribution in [0.3, 0.4) is 0 Å². The smallest absolute Gasteiger partial charge is 0.265 e. The fourth-order valence-electron chi connectivity index (χ4n) is 3.18. The first-order valence-corrected chi connectivity index (χ1v) is 8.42. The molecule has 2 aromatic heterocycles. The average molecular weight is 342 g/mol. The van der Waals surface area contributed by atoms with Gasteiger partial charge in [-0.2, -0.15) is 0 Å². The Bertz CT molecular complexity index is 1010. The normalized spacial score (nSPS) is 15.1. The zero-order valence-electron chi connectivity index (χ0n) is 13.0. The number of carbonyl (C=O) groups is 1. The Morgan fingerprint density at radius 1 is 1.08 bits per heavy atom. The molecule has 0 saturated carbocycles. The molecule has 3 aromatic rings. The van der Waals surface area contributed by atoms with E-state index in [-0.39, 0.29) is 11.5 Å². The molecule has 0 bridgehead atoms. The van der Waals surface area contributed by atoms with E-state index >= 15 is 0 Å². The average Bonchev–Trinajstić information content (AvgIpc) is 2.62. The van der Waals surface area contributed by atoms with Crippen molar-refractivity contribution in [2.45, 2.75) is 19.3 Å². The lowest BCUT2D eigenvalue weighted by molar-refractivity contribution is 0.0724. The molecule has 122 valence electrons. The van der Waals surface area contributed by atoms with Crippen LogP contribution in [-0.4, -0.2) is 33.3 Å². The monoisotopic (exact) mass is 341 g/mol. The van der Waals surface area contributed by atoms with Crippen LogP contribution in [0.1, 0.15) is 29.6 Å². The fraction of sp³-hybridized carbons (Fsp3) is 0.278.